The summed E-state index contributed by atoms with van der Waals surface area (Å²) >= 11 is 0. The molecule has 8 heteroatoms. The van der Waals surface area contributed by atoms with Crippen molar-refractivity contribution in [2.75, 3.05) is 18.4 Å². The van der Waals surface area contributed by atoms with Crippen LogP contribution in [0.25, 0.3) is 0 Å². The number of rotatable bonds is 3. The van der Waals surface area contributed by atoms with E-state index in [1.807, 2.05) is 0 Å². The van der Waals surface area contributed by atoms with Crippen molar-refractivity contribution in [3.05, 3.63) is 29.8 Å². The molecule has 1 saturated heterocycles. The molecule has 0 spiro atoms. The van der Waals surface area contributed by atoms with Crippen LogP contribution in [0.2, 0.25) is 0 Å². The molecule has 114 valence electrons. The first kappa shape index (κ1) is 15.3. The van der Waals surface area contributed by atoms with E-state index in [4.69, 9.17) is 0 Å². The zero-order valence-corrected chi connectivity index (χ0v) is 11.0. The SMILES string of the molecule is O=C(C[C@H]1[NH2+]CCNC1=O)Nc1ccc(C(F)(F)F)cc1. The van der Waals surface area contributed by atoms with Gasteiger partial charge in [-0.2, -0.15) is 13.2 Å². The molecule has 0 aromatic heterocycles. The van der Waals surface area contributed by atoms with Gasteiger partial charge in [0.1, 0.15) is 0 Å². The van der Waals surface area contributed by atoms with Crippen LogP contribution >= 0.6 is 0 Å². The highest BCUT2D eigenvalue weighted by molar-refractivity contribution is 5.94. The lowest BCUT2D eigenvalue weighted by Gasteiger charge is -2.19. The summed E-state index contributed by atoms with van der Waals surface area (Å²) in [6.45, 7) is 1.26. The largest absolute Gasteiger partial charge is 0.416 e. The molecule has 1 atom stereocenters. The van der Waals surface area contributed by atoms with Gasteiger partial charge in [-0.1, -0.05) is 0 Å². The maximum Gasteiger partial charge on any atom is 0.416 e. The van der Waals surface area contributed by atoms with Crippen LogP contribution in [0.5, 0.6) is 0 Å². The van der Waals surface area contributed by atoms with E-state index in [9.17, 15) is 22.8 Å². The quantitative estimate of drug-likeness (QED) is 0.740. The molecule has 21 heavy (non-hydrogen) atoms. The molecule has 0 unspecified atom stereocenters. The normalized spacial score (nSPS) is 19.0. The Balaban J connectivity index is 1.92. The zero-order chi connectivity index (χ0) is 15.5. The van der Waals surface area contributed by atoms with E-state index in [2.05, 4.69) is 10.6 Å². The molecule has 1 aliphatic heterocycles. The Hall–Kier alpha value is -2.09. The highest BCUT2D eigenvalue weighted by Gasteiger charge is 2.30. The number of anilines is 1. The van der Waals surface area contributed by atoms with Crippen molar-refractivity contribution in [3.63, 3.8) is 0 Å². The number of alkyl halides is 3. The second kappa shape index (κ2) is 6.13. The number of hydrogen-bond donors (Lipinski definition) is 3. The second-order valence-electron chi connectivity index (χ2n) is 4.75. The molecule has 5 nitrogen and oxygen atoms in total. The summed E-state index contributed by atoms with van der Waals surface area (Å²) in [7, 11) is 0. The summed E-state index contributed by atoms with van der Waals surface area (Å²) in [5.74, 6) is -0.614. The van der Waals surface area contributed by atoms with Crippen molar-refractivity contribution in [2.45, 2.75) is 18.6 Å². The number of nitrogens with two attached hydrogens (primary N) is 1. The maximum atomic E-state index is 12.4. The predicted molar refractivity (Wildman–Crippen MR) is 68.3 cm³/mol. The standard InChI is InChI=1S/C13H14F3N3O2/c14-13(15,16)8-1-3-9(4-2-8)19-11(20)7-10-12(21)18-6-5-17-10/h1-4,10,17H,5-7H2,(H,18,21)(H,19,20)/p+1/t10-/m1/s1. The van der Waals surface area contributed by atoms with E-state index in [1.165, 1.54) is 12.1 Å². The number of benzene rings is 1. The van der Waals surface area contributed by atoms with Crippen LogP contribution in [0.1, 0.15) is 12.0 Å². The van der Waals surface area contributed by atoms with Crippen molar-refractivity contribution in [3.8, 4) is 0 Å². The third-order valence-electron chi connectivity index (χ3n) is 3.13. The van der Waals surface area contributed by atoms with Gasteiger partial charge in [-0.25, -0.2) is 0 Å². The van der Waals surface area contributed by atoms with Gasteiger partial charge in [0.25, 0.3) is 5.91 Å². The Kier molecular flexibility index (Phi) is 4.46. The van der Waals surface area contributed by atoms with Gasteiger partial charge < -0.3 is 16.0 Å². The Morgan fingerprint density at radius 3 is 2.57 bits per heavy atom. The fourth-order valence-electron chi connectivity index (χ4n) is 2.05. The van der Waals surface area contributed by atoms with Crippen LogP contribution in [0, 0.1) is 0 Å². The van der Waals surface area contributed by atoms with E-state index in [1.54, 1.807) is 5.32 Å². The second-order valence-corrected chi connectivity index (χ2v) is 4.75. The molecule has 1 aliphatic rings. The van der Waals surface area contributed by atoms with E-state index in [0.29, 0.717) is 13.1 Å². The lowest BCUT2D eigenvalue weighted by molar-refractivity contribution is -0.678. The topological polar surface area (TPSA) is 74.8 Å². The van der Waals surface area contributed by atoms with Crippen LogP contribution in [-0.2, 0) is 15.8 Å². The van der Waals surface area contributed by atoms with Gasteiger partial charge in [0.2, 0.25) is 5.91 Å². The lowest BCUT2D eigenvalue weighted by Crippen LogP contribution is -2.96. The van der Waals surface area contributed by atoms with E-state index >= 15 is 0 Å². The van der Waals surface area contributed by atoms with Crippen LogP contribution < -0.4 is 16.0 Å². The Labute approximate surface area is 118 Å². The van der Waals surface area contributed by atoms with Crippen molar-refractivity contribution in [1.82, 2.24) is 5.32 Å². The number of carbonyl (C=O) groups excluding carboxylic acids is 2. The molecule has 1 aromatic rings. The van der Waals surface area contributed by atoms with Gasteiger partial charge in [0.05, 0.1) is 25.1 Å². The van der Waals surface area contributed by atoms with Crippen LogP contribution in [0.15, 0.2) is 24.3 Å². The Morgan fingerprint density at radius 2 is 2.00 bits per heavy atom. The number of amides is 2. The average Bonchev–Trinajstić information content (AvgIpc) is 2.41. The van der Waals surface area contributed by atoms with E-state index in [0.717, 1.165) is 12.1 Å². The van der Waals surface area contributed by atoms with Gasteiger partial charge in [0.15, 0.2) is 6.04 Å². The minimum absolute atomic E-state index is 0.0210. The van der Waals surface area contributed by atoms with Crippen molar-refractivity contribution in [1.29, 1.82) is 0 Å². The van der Waals surface area contributed by atoms with Gasteiger partial charge >= 0.3 is 6.18 Å². The molecule has 0 saturated carbocycles. The molecular weight excluding hydrogens is 287 g/mol. The summed E-state index contributed by atoms with van der Waals surface area (Å²) < 4.78 is 37.2. The number of nitrogens with one attached hydrogen (secondary N) is 2. The van der Waals surface area contributed by atoms with Crippen molar-refractivity contribution >= 4 is 17.5 Å². The van der Waals surface area contributed by atoms with Gasteiger partial charge in [-0.15, -0.1) is 0 Å². The minimum Gasteiger partial charge on any atom is -0.345 e. The highest BCUT2D eigenvalue weighted by Crippen LogP contribution is 2.29. The highest BCUT2D eigenvalue weighted by atomic mass is 19.4. The molecular formula is C13H15F3N3O2+. The fourth-order valence-corrected chi connectivity index (χ4v) is 2.05. The van der Waals surface area contributed by atoms with Crippen LogP contribution in [0.4, 0.5) is 18.9 Å². The molecule has 0 aliphatic carbocycles. The fraction of sp³-hybridized carbons (Fsp3) is 0.385. The number of quaternary nitrogens is 1. The number of halogens is 3. The summed E-state index contributed by atoms with van der Waals surface area (Å²) in [4.78, 5) is 23.3. The van der Waals surface area contributed by atoms with Crippen LogP contribution in [-0.4, -0.2) is 30.9 Å². The summed E-state index contributed by atoms with van der Waals surface area (Å²) in [6.07, 6.45) is -4.43. The van der Waals surface area contributed by atoms with Gasteiger partial charge in [-0.05, 0) is 24.3 Å². The van der Waals surface area contributed by atoms with E-state index in [-0.39, 0.29) is 18.0 Å². The number of carbonyl (C=O) groups is 2. The van der Waals surface area contributed by atoms with Crippen molar-refractivity contribution in [2.24, 2.45) is 0 Å². The van der Waals surface area contributed by atoms with E-state index < -0.39 is 23.7 Å². The molecule has 2 amide bonds. The molecule has 0 bridgehead atoms. The first-order valence-corrected chi connectivity index (χ1v) is 6.44. The number of hydrogen-bond acceptors (Lipinski definition) is 2. The first-order chi connectivity index (χ1) is 9.86. The lowest BCUT2D eigenvalue weighted by atomic mass is 10.1. The summed E-state index contributed by atoms with van der Waals surface area (Å²) in [5, 5.41) is 6.90. The first-order valence-electron chi connectivity index (χ1n) is 6.44. The van der Waals surface area contributed by atoms with Gasteiger partial charge in [-0.3, -0.25) is 9.59 Å². The summed E-state index contributed by atoms with van der Waals surface area (Å²) in [6, 6.07) is 3.68. The molecule has 1 heterocycles. The van der Waals surface area contributed by atoms with Crippen molar-refractivity contribution < 1.29 is 28.1 Å². The molecule has 1 aromatic carbocycles. The molecule has 0 radical (unpaired) electrons. The minimum atomic E-state index is -4.41. The summed E-state index contributed by atoms with van der Waals surface area (Å²) in [5.41, 5.74) is -0.510. The Bertz CT molecular complexity index is 528. The predicted octanol–water partition coefficient (Wildman–Crippen LogP) is 0.0958. The Morgan fingerprint density at radius 1 is 1.33 bits per heavy atom. The molecule has 1 fully saturated rings. The smallest absolute Gasteiger partial charge is 0.345 e. The molecule has 2 rings (SSSR count). The average molecular weight is 302 g/mol. The molecule has 4 N–H and O–H groups in total. The maximum absolute atomic E-state index is 12.4. The third-order valence-corrected chi connectivity index (χ3v) is 3.13. The number of piperazine rings is 1. The van der Waals surface area contributed by atoms with Crippen LogP contribution in [0.3, 0.4) is 0 Å². The third kappa shape index (κ3) is 4.19. The van der Waals surface area contributed by atoms with Gasteiger partial charge in [0, 0.05) is 5.69 Å². The monoisotopic (exact) mass is 302 g/mol. The zero-order valence-electron chi connectivity index (χ0n) is 11.0.